The maximum Gasteiger partial charge on any atom is 0.438 e. The van der Waals surface area contributed by atoms with Gasteiger partial charge in [0.1, 0.15) is 6.42 Å². The molecule has 0 heterocycles. The van der Waals surface area contributed by atoms with Crippen LogP contribution in [0.5, 0.6) is 0 Å². The van der Waals surface area contributed by atoms with Gasteiger partial charge in [-0.2, -0.15) is 26.3 Å². The number of ether oxygens (including phenoxy) is 1. The van der Waals surface area contributed by atoms with Crippen molar-refractivity contribution >= 4 is 11.9 Å². The molecule has 0 radical (unpaired) electrons. The van der Waals surface area contributed by atoms with E-state index in [4.69, 9.17) is 5.11 Å². The summed E-state index contributed by atoms with van der Waals surface area (Å²) < 4.78 is 84.0. The van der Waals surface area contributed by atoms with Gasteiger partial charge in [0.2, 0.25) is 0 Å². The van der Waals surface area contributed by atoms with E-state index in [1.165, 1.54) is 0 Å². The molecule has 0 aromatic rings. The summed E-state index contributed by atoms with van der Waals surface area (Å²) in [5.74, 6) is -4.50. The zero-order valence-electron chi connectivity index (χ0n) is 14.0. The Labute approximate surface area is 149 Å². The van der Waals surface area contributed by atoms with Crippen LogP contribution in [0.25, 0.3) is 0 Å². The van der Waals surface area contributed by atoms with Crippen molar-refractivity contribution in [3.05, 3.63) is 0 Å². The number of halogens is 6. The van der Waals surface area contributed by atoms with Gasteiger partial charge < -0.3 is 14.9 Å². The SMILES string of the molecule is O=C(O)CC(OC(=O)C12CC3CC(CC(O)(C3)C1)C2)(C(F)(F)F)C(F)(F)F. The largest absolute Gasteiger partial charge is 0.481 e. The molecule has 0 saturated heterocycles. The second-order valence-corrected chi connectivity index (χ2v) is 8.25. The minimum absolute atomic E-state index is 0.0313. The highest BCUT2D eigenvalue weighted by atomic mass is 19.4. The number of hydrogen-bond donors (Lipinski definition) is 2. The summed E-state index contributed by atoms with van der Waals surface area (Å²) in [7, 11) is 0. The lowest BCUT2D eigenvalue weighted by molar-refractivity contribution is -0.373. The Bertz CT molecular complexity index is 627. The predicted octanol–water partition coefficient (Wildman–Crippen LogP) is 3.20. The lowest BCUT2D eigenvalue weighted by Crippen LogP contribution is -2.64. The molecule has 2 atom stereocenters. The molecule has 0 aliphatic heterocycles. The maximum atomic E-state index is 13.3. The fourth-order valence-corrected chi connectivity index (χ4v) is 5.45. The van der Waals surface area contributed by atoms with E-state index in [0.717, 1.165) is 0 Å². The summed E-state index contributed by atoms with van der Waals surface area (Å²) in [5, 5.41) is 19.2. The van der Waals surface area contributed by atoms with E-state index in [1.54, 1.807) is 0 Å². The van der Waals surface area contributed by atoms with Crippen LogP contribution >= 0.6 is 0 Å². The molecule has 4 bridgehead atoms. The molecule has 5 nitrogen and oxygen atoms in total. The lowest BCUT2D eigenvalue weighted by atomic mass is 9.48. The van der Waals surface area contributed by atoms with Crippen molar-refractivity contribution in [3.63, 3.8) is 0 Å². The first-order chi connectivity index (χ1) is 12.1. The number of rotatable bonds is 4. The number of carboxylic acid groups (broad SMARTS) is 1. The van der Waals surface area contributed by atoms with Crippen LogP contribution in [0.4, 0.5) is 26.3 Å². The van der Waals surface area contributed by atoms with E-state index in [1.807, 2.05) is 0 Å². The van der Waals surface area contributed by atoms with Crippen LogP contribution in [0.15, 0.2) is 0 Å². The number of carbonyl (C=O) groups is 2. The van der Waals surface area contributed by atoms with Crippen molar-refractivity contribution in [3.8, 4) is 0 Å². The van der Waals surface area contributed by atoms with Gasteiger partial charge in [0.25, 0.3) is 0 Å². The van der Waals surface area contributed by atoms with Gasteiger partial charge in [-0.1, -0.05) is 0 Å². The fourth-order valence-electron chi connectivity index (χ4n) is 5.45. The Morgan fingerprint density at radius 3 is 1.81 bits per heavy atom. The maximum absolute atomic E-state index is 13.3. The Hall–Kier alpha value is -1.52. The molecule has 2 N–H and O–H groups in total. The van der Waals surface area contributed by atoms with Gasteiger partial charge in [-0.15, -0.1) is 0 Å². The third kappa shape index (κ3) is 3.17. The first-order valence-corrected chi connectivity index (χ1v) is 8.43. The van der Waals surface area contributed by atoms with Crippen molar-refractivity contribution in [2.75, 3.05) is 0 Å². The average molecular weight is 404 g/mol. The molecule has 4 aliphatic rings. The summed E-state index contributed by atoms with van der Waals surface area (Å²) in [4.78, 5) is 23.4. The average Bonchev–Trinajstić information content (AvgIpc) is 2.40. The highest BCUT2D eigenvalue weighted by Crippen LogP contribution is 2.63. The molecule has 0 spiro atoms. The summed E-state index contributed by atoms with van der Waals surface area (Å²) in [6.07, 6.45) is -13.7. The summed E-state index contributed by atoms with van der Waals surface area (Å²) in [6.45, 7) is 0. The third-order valence-corrected chi connectivity index (χ3v) is 6.05. The van der Waals surface area contributed by atoms with Gasteiger partial charge in [-0.25, -0.2) is 0 Å². The number of alkyl halides is 6. The first kappa shape index (κ1) is 20.2. The van der Waals surface area contributed by atoms with Crippen molar-refractivity contribution in [1.82, 2.24) is 0 Å². The zero-order chi connectivity index (χ0) is 20.5. The molecule has 4 saturated carbocycles. The van der Waals surface area contributed by atoms with Gasteiger partial charge in [0.15, 0.2) is 0 Å². The Balaban J connectivity index is 1.97. The van der Waals surface area contributed by atoms with Crippen LogP contribution in [-0.4, -0.2) is 45.7 Å². The Morgan fingerprint density at radius 2 is 1.44 bits per heavy atom. The van der Waals surface area contributed by atoms with Gasteiger partial charge in [-0.3, -0.25) is 9.59 Å². The quantitative estimate of drug-likeness (QED) is 0.556. The summed E-state index contributed by atoms with van der Waals surface area (Å²) in [5.41, 5.74) is -8.09. The Kier molecular flexibility index (Phi) is 4.30. The summed E-state index contributed by atoms with van der Waals surface area (Å²) in [6, 6.07) is 0. The number of carboxylic acids is 1. The molecular formula is C16H18F6O5. The van der Waals surface area contributed by atoms with E-state index >= 15 is 0 Å². The molecule has 4 rings (SSSR count). The standard InChI is InChI=1S/C16H18F6O5/c17-15(18,19)14(6-10(23)24,16(20,21)22)27-11(25)12-2-8-1-9(3-12)5-13(26,4-8)7-12/h8-9,26H,1-7H2,(H,23,24). The fraction of sp³-hybridized carbons (Fsp3) is 0.875. The van der Waals surface area contributed by atoms with Crippen molar-refractivity contribution < 1.29 is 50.9 Å². The molecule has 0 aromatic heterocycles. The molecular weight excluding hydrogens is 386 g/mol. The highest BCUT2D eigenvalue weighted by molar-refractivity contribution is 5.79. The highest BCUT2D eigenvalue weighted by Gasteiger charge is 2.76. The van der Waals surface area contributed by atoms with Gasteiger partial charge in [-0.05, 0) is 50.4 Å². The minimum Gasteiger partial charge on any atom is -0.481 e. The molecule has 0 aromatic carbocycles. The summed E-state index contributed by atoms with van der Waals surface area (Å²) >= 11 is 0. The van der Waals surface area contributed by atoms with Gasteiger partial charge in [0.05, 0.1) is 11.0 Å². The molecule has 11 heteroatoms. The molecule has 4 fully saturated rings. The number of carbonyl (C=O) groups excluding carboxylic acids is 1. The monoisotopic (exact) mass is 404 g/mol. The van der Waals surface area contributed by atoms with Crippen molar-refractivity contribution in [2.24, 2.45) is 17.3 Å². The number of hydrogen-bond acceptors (Lipinski definition) is 4. The zero-order valence-corrected chi connectivity index (χ0v) is 14.0. The van der Waals surface area contributed by atoms with E-state index in [-0.39, 0.29) is 31.1 Å². The van der Waals surface area contributed by atoms with Crippen LogP contribution in [0, 0.1) is 17.3 Å². The molecule has 4 aliphatic carbocycles. The van der Waals surface area contributed by atoms with Crippen molar-refractivity contribution in [1.29, 1.82) is 0 Å². The van der Waals surface area contributed by atoms with Crippen LogP contribution in [0.3, 0.4) is 0 Å². The van der Waals surface area contributed by atoms with E-state index in [0.29, 0.717) is 19.3 Å². The topological polar surface area (TPSA) is 83.8 Å². The second kappa shape index (κ2) is 5.74. The molecule has 0 amide bonds. The van der Waals surface area contributed by atoms with E-state index in [9.17, 15) is 41.0 Å². The number of aliphatic hydroxyl groups is 1. The van der Waals surface area contributed by atoms with Gasteiger partial charge in [0, 0.05) is 0 Å². The number of aliphatic carboxylic acids is 1. The predicted molar refractivity (Wildman–Crippen MR) is 75.3 cm³/mol. The van der Waals surface area contributed by atoms with Crippen LogP contribution in [0.1, 0.15) is 44.9 Å². The Morgan fingerprint density at radius 1 is 0.963 bits per heavy atom. The molecule has 154 valence electrons. The normalized spacial score (nSPS) is 36.0. The molecule has 27 heavy (non-hydrogen) atoms. The van der Waals surface area contributed by atoms with Crippen LogP contribution in [0.2, 0.25) is 0 Å². The first-order valence-electron chi connectivity index (χ1n) is 8.43. The molecule has 2 unspecified atom stereocenters. The lowest BCUT2D eigenvalue weighted by Gasteiger charge is -2.59. The van der Waals surface area contributed by atoms with Crippen LogP contribution in [-0.2, 0) is 14.3 Å². The van der Waals surface area contributed by atoms with E-state index < -0.39 is 47.3 Å². The van der Waals surface area contributed by atoms with E-state index in [2.05, 4.69) is 4.74 Å². The van der Waals surface area contributed by atoms with Gasteiger partial charge >= 0.3 is 29.9 Å². The smallest absolute Gasteiger partial charge is 0.438 e. The number of esters is 1. The van der Waals surface area contributed by atoms with Crippen molar-refractivity contribution in [2.45, 2.75) is 68.5 Å². The minimum atomic E-state index is -6.17. The second-order valence-electron chi connectivity index (χ2n) is 8.25. The van der Waals surface area contributed by atoms with Crippen LogP contribution < -0.4 is 0 Å². The third-order valence-electron chi connectivity index (χ3n) is 6.05.